The summed E-state index contributed by atoms with van der Waals surface area (Å²) in [6.45, 7) is 6.89. The van der Waals surface area contributed by atoms with E-state index in [0.29, 0.717) is 6.04 Å². The van der Waals surface area contributed by atoms with Crippen LogP contribution in [0.15, 0.2) is 18.2 Å². The molecular weight excluding hydrogens is 232 g/mol. The van der Waals surface area contributed by atoms with Crippen LogP contribution in [0.1, 0.15) is 42.0 Å². The normalized spacial score (nSPS) is 27.9. The van der Waals surface area contributed by atoms with E-state index in [9.17, 15) is 0 Å². The van der Waals surface area contributed by atoms with Gasteiger partial charge in [-0.3, -0.25) is 4.90 Å². The highest BCUT2D eigenvalue weighted by Crippen LogP contribution is 2.38. The van der Waals surface area contributed by atoms with Crippen molar-refractivity contribution in [2.45, 2.75) is 45.2 Å². The zero-order valence-electron chi connectivity index (χ0n) is 12.4. The van der Waals surface area contributed by atoms with E-state index < -0.39 is 0 Å². The number of hydrogen-bond acceptors (Lipinski definition) is 2. The van der Waals surface area contributed by atoms with Gasteiger partial charge in [0.2, 0.25) is 0 Å². The molecule has 0 radical (unpaired) electrons. The lowest BCUT2D eigenvalue weighted by molar-refractivity contribution is 0.194. The number of nitrogens with one attached hydrogen (secondary N) is 1. The average molecular weight is 258 g/mol. The van der Waals surface area contributed by atoms with E-state index >= 15 is 0 Å². The molecule has 0 aromatic heterocycles. The SMILES string of the molecule is CNC(CN1CC2CCC1C2)c1ccc(C)c(C)c1. The summed E-state index contributed by atoms with van der Waals surface area (Å²) in [6, 6.07) is 8.24. The number of rotatable bonds is 4. The molecule has 2 bridgehead atoms. The van der Waals surface area contributed by atoms with E-state index in [1.54, 1.807) is 0 Å². The predicted octanol–water partition coefficient (Wildman–Crippen LogP) is 3.05. The topological polar surface area (TPSA) is 15.3 Å². The zero-order valence-corrected chi connectivity index (χ0v) is 12.4. The van der Waals surface area contributed by atoms with Crippen molar-refractivity contribution in [3.8, 4) is 0 Å². The second-order valence-corrected chi connectivity index (χ2v) is 6.47. The quantitative estimate of drug-likeness (QED) is 0.893. The Kier molecular flexibility index (Phi) is 3.64. The Bertz CT molecular complexity index is 455. The molecule has 19 heavy (non-hydrogen) atoms. The first kappa shape index (κ1) is 13.1. The minimum absolute atomic E-state index is 0.471. The lowest BCUT2D eigenvalue weighted by atomic mass is 10.00. The van der Waals surface area contributed by atoms with Crippen LogP contribution in [0.4, 0.5) is 0 Å². The van der Waals surface area contributed by atoms with Crippen LogP contribution in [0, 0.1) is 19.8 Å². The lowest BCUT2D eigenvalue weighted by Crippen LogP contribution is -2.38. The largest absolute Gasteiger partial charge is 0.312 e. The molecule has 104 valence electrons. The molecule has 3 atom stereocenters. The van der Waals surface area contributed by atoms with E-state index in [0.717, 1.165) is 12.0 Å². The molecule has 1 aliphatic carbocycles. The number of nitrogens with zero attached hydrogens (tertiary/aromatic N) is 1. The lowest BCUT2D eigenvalue weighted by Gasteiger charge is -2.31. The molecule has 2 fully saturated rings. The van der Waals surface area contributed by atoms with Crippen LogP contribution in [-0.2, 0) is 0 Å². The van der Waals surface area contributed by atoms with Crippen LogP contribution >= 0.6 is 0 Å². The summed E-state index contributed by atoms with van der Waals surface area (Å²) in [5.74, 6) is 0.988. The Morgan fingerprint density at radius 1 is 1.26 bits per heavy atom. The number of fused-ring (bicyclic) bond motifs is 2. The third kappa shape index (κ3) is 2.56. The first-order valence-corrected chi connectivity index (χ1v) is 7.66. The predicted molar refractivity (Wildman–Crippen MR) is 80.4 cm³/mol. The van der Waals surface area contributed by atoms with Gasteiger partial charge in [0.15, 0.2) is 0 Å². The maximum Gasteiger partial charge on any atom is 0.0447 e. The summed E-state index contributed by atoms with van der Waals surface area (Å²) >= 11 is 0. The second kappa shape index (κ2) is 5.26. The first-order chi connectivity index (χ1) is 9.17. The fraction of sp³-hybridized carbons (Fsp3) is 0.647. The van der Waals surface area contributed by atoms with Gasteiger partial charge in [-0.25, -0.2) is 0 Å². The van der Waals surface area contributed by atoms with Gasteiger partial charge in [-0.05, 0) is 62.8 Å². The third-order valence-corrected chi connectivity index (χ3v) is 5.22. The minimum atomic E-state index is 0.471. The van der Waals surface area contributed by atoms with E-state index in [1.165, 1.54) is 49.0 Å². The van der Waals surface area contributed by atoms with Crippen LogP contribution < -0.4 is 5.32 Å². The summed E-state index contributed by atoms with van der Waals surface area (Å²) in [6.07, 6.45) is 4.34. The molecule has 0 amide bonds. The monoisotopic (exact) mass is 258 g/mol. The molecular formula is C17H26N2. The third-order valence-electron chi connectivity index (χ3n) is 5.22. The van der Waals surface area contributed by atoms with Gasteiger partial charge in [0.05, 0.1) is 0 Å². The van der Waals surface area contributed by atoms with Gasteiger partial charge in [0.1, 0.15) is 0 Å². The Morgan fingerprint density at radius 2 is 2.11 bits per heavy atom. The highest BCUT2D eigenvalue weighted by atomic mass is 15.2. The van der Waals surface area contributed by atoms with Gasteiger partial charge in [-0.2, -0.15) is 0 Å². The van der Waals surface area contributed by atoms with Crippen LogP contribution in [0.5, 0.6) is 0 Å². The standard InChI is InChI=1S/C17H26N2/c1-12-4-6-15(8-13(12)2)17(18-3)11-19-10-14-5-7-16(19)9-14/h4,6,8,14,16-18H,5,7,9-11H2,1-3H3. The summed E-state index contributed by atoms with van der Waals surface area (Å²) in [5.41, 5.74) is 4.23. The average Bonchev–Trinajstić information content (AvgIpc) is 3.01. The van der Waals surface area contributed by atoms with Crippen LogP contribution in [0.25, 0.3) is 0 Å². The number of aryl methyl sites for hydroxylation is 2. The molecule has 0 spiro atoms. The molecule has 1 heterocycles. The minimum Gasteiger partial charge on any atom is -0.312 e. The Labute approximate surface area is 117 Å². The number of likely N-dealkylation sites (N-methyl/N-ethyl adjacent to an activating group) is 1. The first-order valence-electron chi connectivity index (χ1n) is 7.66. The summed E-state index contributed by atoms with van der Waals surface area (Å²) < 4.78 is 0. The molecule has 2 heteroatoms. The number of likely N-dealkylation sites (tertiary alicyclic amines) is 1. The summed E-state index contributed by atoms with van der Waals surface area (Å²) in [7, 11) is 2.09. The van der Waals surface area contributed by atoms with Crippen molar-refractivity contribution in [1.29, 1.82) is 0 Å². The van der Waals surface area contributed by atoms with E-state index in [1.807, 2.05) is 0 Å². The fourth-order valence-electron chi connectivity index (χ4n) is 3.83. The van der Waals surface area contributed by atoms with Gasteiger partial charge in [0, 0.05) is 25.2 Å². The Balaban J connectivity index is 1.71. The van der Waals surface area contributed by atoms with Gasteiger partial charge in [-0.1, -0.05) is 18.2 Å². The highest BCUT2D eigenvalue weighted by Gasteiger charge is 2.38. The molecule has 2 aliphatic rings. The maximum atomic E-state index is 3.51. The Morgan fingerprint density at radius 3 is 2.68 bits per heavy atom. The van der Waals surface area contributed by atoms with Gasteiger partial charge in [0.25, 0.3) is 0 Å². The summed E-state index contributed by atoms with van der Waals surface area (Å²) in [5, 5.41) is 3.51. The fourth-order valence-corrected chi connectivity index (χ4v) is 3.83. The summed E-state index contributed by atoms with van der Waals surface area (Å²) in [4.78, 5) is 2.71. The maximum absolute atomic E-state index is 3.51. The van der Waals surface area contributed by atoms with E-state index in [-0.39, 0.29) is 0 Å². The molecule has 1 N–H and O–H groups in total. The molecule has 2 nitrogen and oxygen atoms in total. The Hall–Kier alpha value is -0.860. The van der Waals surface area contributed by atoms with Crippen molar-refractivity contribution in [3.05, 3.63) is 34.9 Å². The molecule has 1 aromatic rings. The number of benzene rings is 1. The van der Waals surface area contributed by atoms with Crippen LogP contribution in [0.2, 0.25) is 0 Å². The number of piperidine rings is 1. The van der Waals surface area contributed by atoms with Gasteiger partial charge < -0.3 is 5.32 Å². The van der Waals surface area contributed by atoms with Crippen molar-refractivity contribution >= 4 is 0 Å². The smallest absolute Gasteiger partial charge is 0.0447 e. The second-order valence-electron chi connectivity index (χ2n) is 6.47. The molecule has 3 unspecified atom stereocenters. The molecule has 3 rings (SSSR count). The van der Waals surface area contributed by atoms with Crippen molar-refractivity contribution in [2.24, 2.45) is 5.92 Å². The van der Waals surface area contributed by atoms with Crippen molar-refractivity contribution in [1.82, 2.24) is 10.2 Å². The van der Waals surface area contributed by atoms with Gasteiger partial charge in [-0.15, -0.1) is 0 Å². The number of hydrogen-bond donors (Lipinski definition) is 1. The van der Waals surface area contributed by atoms with Crippen molar-refractivity contribution in [2.75, 3.05) is 20.1 Å². The van der Waals surface area contributed by atoms with Crippen molar-refractivity contribution < 1.29 is 0 Å². The van der Waals surface area contributed by atoms with Crippen LogP contribution in [-0.4, -0.2) is 31.1 Å². The van der Waals surface area contributed by atoms with E-state index in [4.69, 9.17) is 0 Å². The molecule has 1 saturated carbocycles. The van der Waals surface area contributed by atoms with Gasteiger partial charge >= 0.3 is 0 Å². The van der Waals surface area contributed by atoms with Crippen molar-refractivity contribution in [3.63, 3.8) is 0 Å². The zero-order chi connectivity index (χ0) is 13.4. The highest BCUT2D eigenvalue weighted by molar-refractivity contribution is 5.32. The molecule has 1 aromatic carbocycles. The van der Waals surface area contributed by atoms with Crippen LogP contribution in [0.3, 0.4) is 0 Å². The molecule has 1 aliphatic heterocycles. The van der Waals surface area contributed by atoms with E-state index in [2.05, 4.69) is 49.3 Å². The molecule has 1 saturated heterocycles.